The van der Waals surface area contributed by atoms with E-state index < -0.39 is 11.7 Å². The quantitative estimate of drug-likeness (QED) is 0.238. The maximum atomic E-state index is 12.9. The van der Waals surface area contributed by atoms with Gasteiger partial charge in [0, 0.05) is 12.1 Å². The zero-order valence-corrected chi connectivity index (χ0v) is 23.4. The Kier molecular flexibility index (Phi) is 10.8. The summed E-state index contributed by atoms with van der Waals surface area (Å²) in [5.41, 5.74) is 4.59. The lowest BCUT2D eigenvalue weighted by Gasteiger charge is -2.16. The fourth-order valence-corrected chi connectivity index (χ4v) is 4.53. The van der Waals surface area contributed by atoms with Gasteiger partial charge in [-0.25, -0.2) is 0 Å². The molecule has 3 aromatic carbocycles. The SMILES string of the molecule is COC(=O)CCNC(=O)c1ccc(CCC(C)CCOc2cc(C)c(-c3ccc(C(F)(F)F)cc3)c(C)c2)cc1. The average molecular weight is 556 g/mol. The first-order chi connectivity index (χ1) is 19.0. The molecule has 0 aliphatic heterocycles. The second kappa shape index (κ2) is 14.0. The van der Waals surface area contributed by atoms with Crippen molar-refractivity contribution in [1.29, 1.82) is 0 Å². The predicted octanol–water partition coefficient (Wildman–Crippen LogP) is 7.32. The number of esters is 1. The number of benzene rings is 3. The van der Waals surface area contributed by atoms with Crippen LogP contribution in [0.2, 0.25) is 0 Å². The molecule has 0 fully saturated rings. The largest absolute Gasteiger partial charge is 0.494 e. The maximum absolute atomic E-state index is 12.9. The Morgan fingerprint density at radius 2 is 1.55 bits per heavy atom. The van der Waals surface area contributed by atoms with Gasteiger partial charge in [-0.2, -0.15) is 13.2 Å². The molecule has 1 N–H and O–H groups in total. The van der Waals surface area contributed by atoms with Gasteiger partial charge in [0.25, 0.3) is 5.91 Å². The van der Waals surface area contributed by atoms with Crippen LogP contribution in [0.15, 0.2) is 60.7 Å². The van der Waals surface area contributed by atoms with Crippen LogP contribution in [0, 0.1) is 19.8 Å². The van der Waals surface area contributed by atoms with Crippen LogP contribution in [0.3, 0.4) is 0 Å². The van der Waals surface area contributed by atoms with E-state index >= 15 is 0 Å². The van der Waals surface area contributed by atoms with Gasteiger partial charge in [-0.15, -0.1) is 0 Å². The predicted molar refractivity (Wildman–Crippen MR) is 149 cm³/mol. The first kappa shape index (κ1) is 30.7. The third-order valence-electron chi connectivity index (χ3n) is 6.87. The van der Waals surface area contributed by atoms with Gasteiger partial charge in [0.2, 0.25) is 0 Å². The smallest absolute Gasteiger partial charge is 0.416 e. The number of nitrogens with one attached hydrogen (secondary N) is 1. The summed E-state index contributed by atoms with van der Waals surface area (Å²) >= 11 is 0. The molecule has 8 heteroatoms. The van der Waals surface area contributed by atoms with Crippen LogP contribution in [0.4, 0.5) is 13.2 Å². The maximum Gasteiger partial charge on any atom is 0.416 e. The van der Waals surface area contributed by atoms with Gasteiger partial charge in [0.05, 0.1) is 25.7 Å². The third-order valence-corrected chi connectivity index (χ3v) is 6.87. The minimum atomic E-state index is -4.35. The molecule has 1 amide bonds. The van der Waals surface area contributed by atoms with Crippen LogP contribution in [-0.2, 0) is 22.1 Å². The molecule has 0 heterocycles. The Labute approximate surface area is 233 Å². The average Bonchev–Trinajstić information content (AvgIpc) is 2.91. The van der Waals surface area contributed by atoms with Crippen molar-refractivity contribution in [2.24, 2.45) is 5.92 Å². The summed E-state index contributed by atoms with van der Waals surface area (Å²) in [7, 11) is 1.31. The summed E-state index contributed by atoms with van der Waals surface area (Å²) in [4.78, 5) is 23.3. The third kappa shape index (κ3) is 8.86. The topological polar surface area (TPSA) is 64.6 Å². The van der Waals surface area contributed by atoms with Crippen LogP contribution in [-0.4, -0.2) is 32.1 Å². The molecule has 0 saturated heterocycles. The van der Waals surface area contributed by atoms with Gasteiger partial charge in [-0.3, -0.25) is 9.59 Å². The molecule has 0 aromatic heterocycles. The van der Waals surface area contributed by atoms with E-state index in [1.807, 2.05) is 38.1 Å². The van der Waals surface area contributed by atoms with E-state index in [4.69, 9.17) is 4.74 Å². The number of amides is 1. The van der Waals surface area contributed by atoms with E-state index in [0.717, 1.165) is 65.0 Å². The Morgan fingerprint density at radius 1 is 0.925 bits per heavy atom. The Bertz CT molecular complexity index is 1260. The lowest BCUT2D eigenvalue weighted by atomic mass is 9.94. The molecule has 0 aliphatic carbocycles. The number of carbonyl (C=O) groups excluding carboxylic acids is 2. The lowest BCUT2D eigenvalue weighted by Crippen LogP contribution is -2.26. The van der Waals surface area contributed by atoms with E-state index in [1.54, 1.807) is 12.1 Å². The molecule has 3 rings (SSSR count). The van der Waals surface area contributed by atoms with E-state index in [0.29, 0.717) is 18.1 Å². The van der Waals surface area contributed by atoms with Gasteiger partial charge in [0.1, 0.15) is 5.75 Å². The number of alkyl halides is 3. The zero-order valence-electron chi connectivity index (χ0n) is 23.4. The van der Waals surface area contributed by atoms with Crippen LogP contribution >= 0.6 is 0 Å². The lowest BCUT2D eigenvalue weighted by molar-refractivity contribution is -0.140. The number of ether oxygens (including phenoxy) is 2. The Balaban J connectivity index is 1.45. The van der Waals surface area contributed by atoms with Crippen molar-refractivity contribution in [3.63, 3.8) is 0 Å². The van der Waals surface area contributed by atoms with Crippen molar-refractivity contribution in [3.8, 4) is 16.9 Å². The summed E-state index contributed by atoms with van der Waals surface area (Å²) in [6.07, 6.45) is -1.49. The molecule has 40 heavy (non-hydrogen) atoms. The summed E-state index contributed by atoms with van der Waals surface area (Å²) in [6.45, 7) is 6.84. The molecule has 0 aliphatic rings. The Morgan fingerprint density at radius 3 is 2.12 bits per heavy atom. The van der Waals surface area contributed by atoms with Crippen molar-refractivity contribution >= 4 is 11.9 Å². The molecule has 5 nitrogen and oxygen atoms in total. The van der Waals surface area contributed by atoms with E-state index in [2.05, 4.69) is 17.0 Å². The number of hydrogen-bond acceptors (Lipinski definition) is 4. The van der Waals surface area contributed by atoms with E-state index in [-0.39, 0.29) is 24.8 Å². The van der Waals surface area contributed by atoms with Crippen LogP contribution in [0.1, 0.15) is 58.8 Å². The van der Waals surface area contributed by atoms with Crippen LogP contribution in [0.25, 0.3) is 11.1 Å². The van der Waals surface area contributed by atoms with Crippen molar-refractivity contribution in [2.45, 2.75) is 52.6 Å². The van der Waals surface area contributed by atoms with Crippen LogP contribution in [0.5, 0.6) is 5.75 Å². The fraction of sp³-hybridized carbons (Fsp3) is 0.375. The summed E-state index contributed by atoms with van der Waals surface area (Å²) in [5.74, 6) is 0.585. The second-order valence-electron chi connectivity index (χ2n) is 10.1. The van der Waals surface area contributed by atoms with Crippen molar-refractivity contribution in [3.05, 3.63) is 88.5 Å². The first-order valence-electron chi connectivity index (χ1n) is 13.3. The number of rotatable bonds is 12. The molecule has 1 unspecified atom stereocenters. The molecular weight excluding hydrogens is 519 g/mol. The first-order valence-corrected chi connectivity index (χ1v) is 13.3. The van der Waals surface area contributed by atoms with E-state index in [1.165, 1.54) is 19.2 Å². The highest BCUT2D eigenvalue weighted by Gasteiger charge is 2.30. The van der Waals surface area contributed by atoms with E-state index in [9.17, 15) is 22.8 Å². The second-order valence-corrected chi connectivity index (χ2v) is 10.1. The minimum absolute atomic E-state index is 0.134. The molecule has 214 valence electrons. The number of carbonyl (C=O) groups is 2. The highest BCUT2D eigenvalue weighted by atomic mass is 19.4. The standard InChI is InChI=1S/C32H36F3NO4/c1-21(5-6-24-7-9-26(10-8-24)31(38)36-17-15-29(37)39-4)16-18-40-28-19-22(2)30(23(3)20-28)25-11-13-27(14-12-25)32(33,34)35/h7-14,19-21H,5-6,15-18H2,1-4H3,(H,36,38). The molecular formula is C32H36F3NO4. The molecule has 0 radical (unpaired) electrons. The van der Waals surface area contributed by atoms with Gasteiger partial charge in [0.15, 0.2) is 0 Å². The highest BCUT2D eigenvalue weighted by molar-refractivity contribution is 5.94. The van der Waals surface area contributed by atoms with Gasteiger partial charge >= 0.3 is 12.1 Å². The summed E-state index contributed by atoms with van der Waals surface area (Å²) in [6, 6.07) is 16.6. The fourth-order valence-electron chi connectivity index (χ4n) is 4.53. The van der Waals surface area contributed by atoms with Crippen molar-refractivity contribution in [1.82, 2.24) is 5.32 Å². The number of methoxy groups -OCH3 is 1. The zero-order chi connectivity index (χ0) is 29.3. The van der Waals surface area contributed by atoms with Crippen molar-refractivity contribution in [2.75, 3.05) is 20.3 Å². The summed E-state index contributed by atoms with van der Waals surface area (Å²) < 4.78 is 49.3. The molecule has 0 saturated carbocycles. The van der Waals surface area contributed by atoms with Gasteiger partial charge in [-0.1, -0.05) is 31.2 Å². The van der Waals surface area contributed by atoms with Crippen LogP contribution < -0.4 is 10.1 Å². The minimum Gasteiger partial charge on any atom is -0.494 e. The highest BCUT2D eigenvalue weighted by Crippen LogP contribution is 2.34. The summed E-state index contributed by atoms with van der Waals surface area (Å²) in [5, 5.41) is 2.70. The monoisotopic (exact) mass is 555 g/mol. The number of aryl methyl sites for hydroxylation is 3. The number of halogens is 3. The molecule has 3 aromatic rings. The van der Waals surface area contributed by atoms with Crippen molar-refractivity contribution < 1.29 is 32.2 Å². The van der Waals surface area contributed by atoms with Gasteiger partial charge < -0.3 is 14.8 Å². The van der Waals surface area contributed by atoms with Gasteiger partial charge in [-0.05, 0) is 103 Å². The molecule has 0 bridgehead atoms. The normalized spacial score (nSPS) is 12.1. The molecule has 0 spiro atoms. The molecule has 1 atom stereocenters. The number of hydrogen-bond donors (Lipinski definition) is 1. The Hall–Kier alpha value is -3.81.